The van der Waals surface area contributed by atoms with Crippen LogP contribution in [0, 0.1) is 0 Å². The molecule has 0 radical (unpaired) electrons. The number of hydrogen-bond donors (Lipinski definition) is 1. The molecule has 0 aliphatic heterocycles. The van der Waals surface area contributed by atoms with Crippen molar-refractivity contribution < 1.29 is 14.2 Å². The summed E-state index contributed by atoms with van der Waals surface area (Å²) in [5.41, 5.74) is 7.77. The molecule has 0 fully saturated rings. The standard InChI is InChI=1S/C15H26N2O3/c1-4-19-11-9-17(10-12-20-5-2)13-7-6-8-14(18-3)15(13)16/h6-8H,4-5,9-12,16H2,1-3H3. The molecule has 0 aromatic heterocycles. The van der Waals surface area contributed by atoms with Gasteiger partial charge in [-0.3, -0.25) is 0 Å². The van der Waals surface area contributed by atoms with Gasteiger partial charge in [-0.15, -0.1) is 0 Å². The summed E-state index contributed by atoms with van der Waals surface area (Å²) in [4.78, 5) is 2.17. The van der Waals surface area contributed by atoms with E-state index in [1.54, 1.807) is 7.11 Å². The van der Waals surface area contributed by atoms with Gasteiger partial charge in [0.25, 0.3) is 0 Å². The third-order valence-electron chi connectivity index (χ3n) is 3.02. The van der Waals surface area contributed by atoms with Crippen LogP contribution in [0.1, 0.15) is 13.8 Å². The normalized spacial score (nSPS) is 10.6. The zero-order valence-electron chi connectivity index (χ0n) is 12.7. The summed E-state index contributed by atoms with van der Waals surface area (Å²) >= 11 is 0. The Kier molecular flexibility index (Phi) is 7.84. The zero-order valence-corrected chi connectivity index (χ0v) is 12.7. The summed E-state index contributed by atoms with van der Waals surface area (Å²) in [5, 5.41) is 0. The smallest absolute Gasteiger partial charge is 0.143 e. The second-order valence-corrected chi connectivity index (χ2v) is 4.27. The zero-order chi connectivity index (χ0) is 14.8. The Balaban J connectivity index is 2.79. The lowest BCUT2D eigenvalue weighted by Crippen LogP contribution is -2.31. The van der Waals surface area contributed by atoms with Crippen molar-refractivity contribution >= 4 is 11.4 Å². The van der Waals surface area contributed by atoms with Gasteiger partial charge in [0.05, 0.1) is 31.7 Å². The van der Waals surface area contributed by atoms with E-state index in [0.717, 1.165) is 18.8 Å². The molecule has 0 saturated heterocycles. The first kappa shape index (κ1) is 16.6. The number of nitrogen functional groups attached to an aromatic ring is 1. The number of nitrogens with zero attached hydrogens (tertiary/aromatic N) is 1. The van der Waals surface area contributed by atoms with Gasteiger partial charge in [0, 0.05) is 26.3 Å². The predicted molar refractivity (Wildman–Crippen MR) is 82.6 cm³/mol. The Labute approximate surface area is 121 Å². The summed E-state index contributed by atoms with van der Waals surface area (Å²) in [6, 6.07) is 5.80. The average molecular weight is 282 g/mol. The topological polar surface area (TPSA) is 57.0 Å². The molecule has 2 N–H and O–H groups in total. The minimum absolute atomic E-state index is 0.656. The maximum Gasteiger partial charge on any atom is 0.143 e. The van der Waals surface area contributed by atoms with E-state index in [9.17, 15) is 0 Å². The molecule has 5 nitrogen and oxygen atoms in total. The molecule has 0 aliphatic rings. The van der Waals surface area contributed by atoms with Crippen molar-refractivity contribution in [1.82, 2.24) is 0 Å². The van der Waals surface area contributed by atoms with Gasteiger partial charge in [0.15, 0.2) is 0 Å². The van der Waals surface area contributed by atoms with Crippen LogP contribution in [0.15, 0.2) is 18.2 Å². The minimum Gasteiger partial charge on any atom is -0.495 e. The van der Waals surface area contributed by atoms with E-state index in [0.29, 0.717) is 37.9 Å². The Bertz CT molecular complexity index is 375. The molecule has 20 heavy (non-hydrogen) atoms. The van der Waals surface area contributed by atoms with Crippen molar-refractivity contribution in [2.24, 2.45) is 0 Å². The van der Waals surface area contributed by atoms with Crippen molar-refractivity contribution in [3.63, 3.8) is 0 Å². The highest BCUT2D eigenvalue weighted by Crippen LogP contribution is 2.31. The predicted octanol–water partition coefficient (Wildman–Crippen LogP) is 2.16. The quantitative estimate of drug-likeness (QED) is 0.526. The van der Waals surface area contributed by atoms with Gasteiger partial charge in [0.1, 0.15) is 5.75 Å². The van der Waals surface area contributed by atoms with Gasteiger partial charge >= 0.3 is 0 Å². The first-order valence-corrected chi connectivity index (χ1v) is 7.07. The van der Waals surface area contributed by atoms with Crippen LogP contribution in [-0.2, 0) is 9.47 Å². The number of nitrogens with two attached hydrogens (primary N) is 1. The summed E-state index contributed by atoms with van der Waals surface area (Å²) in [6.45, 7) is 8.30. The Morgan fingerprint density at radius 2 is 1.65 bits per heavy atom. The summed E-state index contributed by atoms with van der Waals surface area (Å²) in [6.07, 6.45) is 0. The molecule has 0 saturated carbocycles. The van der Waals surface area contributed by atoms with E-state index in [1.807, 2.05) is 32.0 Å². The number of benzene rings is 1. The van der Waals surface area contributed by atoms with Gasteiger partial charge in [-0.2, -0.15) is 0 Å². The maximum absolute atomic E-state index is 6.15. The molecule has 1 aromatic carbocycles. The van der Waals surface area contributed by atoms with Crippen LogP contribution in [0.5, 0.6) is 5.75 Å². The molecule has 0 heterocycles. The minimum atomic E-state index is 0.656. The number of hydrogen-bond acceptors (Lipinski definition) is 5. The first-order valence-electron chi connectivity index (χ1n) is 7.07. The average Bonchev–Trinajstić information content (AvgIpc) is 2.46. The number of para-hydroxylation sites is 1. The van der Waals surface area contributed by atoms with Crippen LogP contribution in [0.25, 0.3) is 0 Å². The first-order chi connectivity index (χ1) is 9.74. The molecule has 0 atom stereocenters. The fourth-order valence-corrected chi connectivity index (χ4v) is 1.98. The number of anilines is 2. The van der Waals surface area contributed by atoms with Gasteiger partial charge in [-0.25, -0.2) is 0 Å². The number of ether oxygens (including phenoxy) is 3. The SMILES string of the molecule is CCOCCN(CCOCC)c1cccc(OC)c1N. The molecule has 0 unspecified atom stereocenters. The van der Waals surface area contributed by atoms with Gasteiger partial charge in [0.2, 0.25) is 0 Å². The van der Waals surface area contributed by atoms with Crippen LogP contribution in [0.4, 0.5) is 11.4 Å². The molecule has 114 valence electrons. The summed E-state index contributed by atoms with van der Waals surface area (Å²) in [5.74, 6) is 0.695. The van der Waals surface area contributed by atoms with E-state index in [2.05, 4.69) is 4.90 Å². The molecule has 0 aliphatic carbocycles. The molecule has 0 bridgehead atoms. The maximum atomic E-state index is 6.15. The van der Waals surface area contributed by atoms with E-state index in [1.165, 1.54) is 0 Å². The van der Waals surface area contributed by atoms with Crippen LogP contribution in [0.3, 0.4) is 0 Å². The van der Waals surface area contributed by atoms with Crippen molar-refractivity contribution in [3.8, 4) is 5.75 Å². The fourth-order valence-electron chi connectivity index (χ4n) is 1.98. The van der Waals surface area contributed by atoms with Crippen molar-refractivity contribution in [2.75, 3.05) is 57.3 Å². The van der Waals surface area contributed by atoms with E-state index in [4.69, 9.17) is 19.9 Å². The summed E-state index contributed by atoms with van der Waals surface area (Å²) < 4.78 is 16.1. The van der Waals surface area contributed by atoms with Gasteiger partial charge < -0.3 is 24.8 Å². The molecular formula is C15H26N2O3. The molecule has 1 aromatic rings. The second-order valence-electron chi connectivity index (χ2n) is 4.27. The van der Waals surface area contributed by atoms with Gasteiger partial charge in [-0.05, 0) is 26.0 Å². The summed E-state index contributed by atoms with van der Waals surface area (Å²) in [7, 11) is 1.63. The molecular weight excluding hydrogens is 256 g/mol. The third-order valence-corrected chi connectivity index (χ3v) is 3.02. The van der Waals surface area contributed by atoms with E-state index < -0.39 is 0 Å². The Morgan fingerprint density at radius 1 is 1.05 bits per heavy atom. The second kappa shape index (κ2) is 9.44. The van der Waals surface area contributed by atoms with E-state index in [-0.39, 0.29) is 0 Å². The molecule has 0 amide bonds. The fraction of sp³-hybridized carbons (Fsp3) is 0.600. The van der Waals surface area contributed by atoms with Crippen molar-refractivity contribution in [2.45, 2.75) is 13.8 Å². The van der Waals surface area contributed by atoms with Crippen molar-refractivity contribution in [1.29, 1.82) is 0 Å². The highest BCUT2D eigenvalue weighted by Gasteiger charge is 2.12. The third kappa shape index (κ3) is 4.90. The van der Waals surface area contributed by atoms with Crippen LogP contribution >= 0.6 is 0 Å². The molecule has 1 rings (SSSR count). The lowest BCUT2D eigenvalue weighted by Gasteiger charge is -2.26. The highest BCUT2D eigenvalue weighted by atomic mass is 16.5. The van der Waals surface area contributed by atoms with Crippen LogP contribution < -0.4 is 15.4 Å². The monoisotopic (exact) mass is 282 g/mol. The lowest BCUT2D eigenvalue weighted by molar-refractivity contribution is 0.141. The van der Waals surface area contributed by atoms with Crippen LogP contribution in [0.2, 0.25) is 0 Å². The highest BCUT2D eigenvalue weighted by molar-refractivity contribution is 5.74. The molecule has 5 heteroatoms. The van der Waals surface area contributed by atoms with Gasteiger partial charge in [-0.1, -0.05) is 6.07 Å². The Morgan fingerprint density at radius 3 is 2.15 bits per heavy atom. The lowest BCUT2D eigenvalue weighted by atomic mass is 10.2. The molecule has 0 spiro atoms. The largest absolute Gasteiger partial charge is 0.495 e. The van der Waals surface area contributed by atoms with Crippen LogP contribution in [-0.4, -0.2) is 46.6 Å². The number of methoxy groups -OCH3 is 1. The van der Waals surface area contributed by atoms with E-state index >= 15 is 0 Å². The van der Waals surface area contributed by atoms with Crippen molar-refractivity contribution in [3.05, 3.63) is 18.2 Å². The Hall–Kier alpha value is -1.46. The number of rotatable bonds is 10.